The third-order valence-corrected chi connectivity index (χ3v) is 7.48. The van der Waals surface area contributed by atoms with Gasteiger partial charge in [-0.15, -0.1) is 0 Å². The zero-order chi connectivity index (χ0) is 19.3. The van der Waals surface area contributed by atoms with Crippen LogP contribution in [0.15, 0.2) is 30.3 Å². The lowest BCUT2D eigenvalue weighted by Gasteiger charge is -2.51. The predicted molar refractivity (Wildman–Crippen MR) is 94.4 cm³/mol. The van der Waals surface area contributed by atoms with Crippen LogP contribution in [-0.2, 0) is 28.4 Å². The van der Waals surface area contributed by atoms with Crippen LogP contribution in [0, 0.1) is 17.8 Å². The van der Waals surface area contributed by atoms with Gasteiger partial charge >= 0.3 is 0 Å². The smallest absolute Gasteiger partial charge is 0.186 e. The summed E-state index contributed by atoms with van der Waals surface area (Å²) in [6.45, 7) is 0.874. The largest absolute Gasteiger partial charge is 0.387 e. The average molecular weight is 404 g/mol. The Balaban J connectivity index is 1.05. The summed E-state index contributed by atoms with van der Waals surface area (Å²) in [6.07, 6.45) is -4.48. The first-order chi connectivity index (χ1) is 14.2. The van der Waals surface area contributed by atoms with Gasteiger partial charge in [0.05, 0.1) is 37.6 Å². The van der Waals surface area contributed by atoms with Crippen LogP contribution in [0.3, 0.4) is 0 Å². The van der Waals surface area contributed by atoms with E-state index >= 15 is 0 Å². The van der Waals surface area contributed by atoms with Crippen molar-refractivity contribution < 1.29 is 38.6 Å². The van der Waals surface area contributed by atoms with E-state index in [1.165, 1.54) is 0 Å². The van der Waals surface area contributed by atoms with Crippen molar-refractivity contribution in [1.29, 1.82) is 0 Å². The van der Waals surface area contributed by atoms with Crippen molar-refractivity contribution in [2.45, 2.75) is 61.4 Å². The van der Waals surface area contributed by atoms with Crippen LogP contribution < -0.4 is 0 Å². The molecule has 13 atom stereocenters. The molecule has 0 amide bonds. The first kappa shape index (κ1) is 17.6. The Bertz CT molecular complexity index is 782. The van der Waals surface area contributed by atoms with Crippen LogP contribution in [0.4, 0.5) is 0 Å². The monoisotopic (exact) mass is 404 g/mol. The summed E-state index contributed by atoms with van der Waals surface area (Å²) in [4.78, 5) is 0. The van der Waals surface area contributed by atoms with Gasteiger partial charge in [-0.05, 0) is 0 Å². The maximum atomic E-state index is 10.8. The Labute approximate surface area is 167 Å². The highest BCUT2D eigenvalue weighted by Gasteiger charge is 2.76. The molecule has 2 saturated carbocycles. The summed E-state index contributed by atoms with van der Waals surface area (Å²) < 4.78 is 35.9. The minimum Gasteiger partial charge on any atom is -0.387 e. The molecule has 2 aliphatic carbocycles. The highest BCUT2D eigenvalue weighted by molar-refractivity contribution is 5.23. The van der Waals surface area contributed by atoms with Crippen molar-refractivity contribution >= 4 is 0 Å². The van der Waals surface area contributed by atoms with Gasteiger partial charge in [-0.1, -0.05) is 30.3 Å². The van der Waals surface area contributed by atoms with E-state index in [0.29, 0.717) is 18.4 Å². The number of hydrogen-bond acceptors (Lipinski definition) is 8. The molecule has 8 heteroatoms. The zero-order valence-corrected chi connectivity index (χ0v) is 15.7. The standard InChI is InChI=1S/C21H24O8/c22-13-14(23)21(28-16-9-6-24-18-12-11(16)15(9)27-19(12)18)26-10-7-25-20(29-17(10)13)8-4-2-1-3-5-8/h1-5,9-23H,6-7H2. The molecule has 5 saturated heterocycles. The van der Waals surface area contributed by atoms with Gasteiger partial charge in [-0.3, -0.25) is 0 Å². The molecule has 8 nitrogen and oxygen atoms in total. The molecule has 5 aliphatic heterocycles. The normalized spacial score (nSPS) is 56.8. The zero-order valence-electron chi connectivity index (χ0n) is 15.7. The average Bonchev–Trinajstić information content (AvgIpc) is 3.42. The molecule has 7 aliphatic rings. The molecule has 1 aromatic rings. The SMILES string of the molecule is OC1C(OC2C3COC4C5OC3C2C45)OC2COC(c3ccccc3)OC2C1O. The molecule has 0 radical (unpaired) electrons. The van der Waals surface area contributed by atoms with Gasteiger partial charge in [-0.25, -0.2) is 0 Å². The van der Waals surface area contributed by atoms with E-state index in [0.717, 1.165) is 5.56 Å². The highest BCUT2D eigenvalue weighted by atomic mass is 16.8. The van der Waals surface area contributed by atoms with Crippen molar-refractivity contribution in [3.8, 4) is 0 Å². The van der Waals surface area contributed by atoms with Crippen LogP contribution in [0.1, 0.15) is 11.9 Å². The second-order valence-electron chi connectivity index (χ2n) is 8.98. The van der Waals surface area contributed by atoms with E-state index in [1.807, 2.05) is 30.3 Å². The number of fused-ring (bicyclic) bond motifs is 2. The van der Waals surface area contributed by atoms with Gasteiger partial charge in [0.15, 0.2) is 12.6 Å². The molecule has 5 bridgehead atoms. The summed E-state index contributed by atoms with van der Waals surface area (Å²) in [5.41, 5.74) is 0.863. The van der Waals surface area contributed by atoms with Gasteiger partial charge in [0.25, 0.3) is 0 Å². The van der Waals surface area contributed by atoms with E-state index in [1.54, 1.807) is 0 Å². The quantitative estimate of drug-likeness (QED) is 0.726. The van der Waals surface area contributed by atoms with Crippen molar-refractivity contribution in [2.24, 2.45) is 17.8 Å². The predicted octanol–water partition coefficient (Wildman–Crippen LogP) is -0.0255. The molecule has 29 heavy (non-hydrogen) atoms. The van der Waals surface area contributed by atoms with Crippen molar-refractivity contribution in [2.75, 3.05) is 13.2 Å². The van der Waals surface area contributed by atoms with Crippen molar-refractivity contribution in [3.63, 3.8) is 0 Å². The second kappa shape index (κ2) is 6.21. The van der Waals surface area contributed by atoms with Gasteiger partial charge < -0.3 is 38.6 Å². The topological polar surface area (TPSA) is 95.8 Å². The minimum atomic E-state index is -1.19. The maximum Gasteiger partial charge on any atom is 0.186 e. The fourth-order valence-electron chi connectivity index (χ4n) is 5.93. The van der Waals surface area contributed by atoms with Gasteiger partial charge in [-0.2, -0.15) is 0 Å². The Morgan fingerprint density at radius 1 is 0.793 bits per heavy atom. The minimum absolute atomic E-state index is 0.0756. The van der Waals surface area contributed by atoms with Crippen LogP contribution >= 0.6 is 0 Å². The lowest BCUT2D eigenvalue weighted by atomic mass is 9.68. The summed E-state index contributed by atoms with van der Waals surface area (Å²) in [5, 5.41) is 21.5. The summed E-state index contributed by atoms with van der Waals surface area (Å²) in [6, 6.07) is 9.54. The number of rotatable bonds is 3. The molecule has 8 rings (SSSR count). The van der Waals surface area contributed by atoms with Crippen molar-refractivity contribution in [1.82, 2.24) is 0 Å². The molecule has 5 heterocycles. The van der Waals surface area contributed by atoms with Crippen LogP contribution in [0.2, 0.25) is 0 Å². The molecular weight excluding hydrogens is 380 g/mol. The molecule has 13 unspecified atom stereocenters. The number of aliphatic hydroxyl groups is 2. The Morgan fingerprint density at radius 2 is 1.66 bits per heavy atom. The lowest BCUT2D eigenvalue weighted by molar-refractivity contribution is -0.377. The molecule has 1 aromatic carbocycles. The Morgan fingerprint density at radius 3 is 2.52 bits per heavy atom. The molecule has 7 fully saturated rings. The van der Waals surface area contributed by atoms with E-state index in [4.69, 9.17) is 28.4 Å². The summed E-state index contributed by atoms with van der Waals surface area (Å²) in [7, 11) is 0. The lowest BCUT2D eigenvalue weighted by Crippen LogP contribution is -2.65. The first-order valence-electron chi connectivity index (χ1n) is 10.5. The van der Waals surface area contributed by atoms with Crippen molar-refractivity contribution in [3.05, 3.63) is 35.9 Å². The van der Waals surface area contributed by atoms with Crippen LogP contribution in [0.25, 0.3) is 0 Å². The molecule has 0 spiro atoms. The Kier molecular flexibility index (Phi) is 3.76. The fraction of sp³-hybridized carbons (Fsp3) is 0.714. The van der Waals surface area contributed by atoms with Crippen LogP contribution in [-0.4, -0.2) is 78.5 Å². The third-order valence-electron chi connectivity index (χ3n) is 7.48. The molecule has 156 valence electrons. The van der Waals surface area contributed by atoms with Gasteiger partial charge in [0.2, 0.25) is 0 Å². The fourth-order valence-corrected chi connectivity index (χ4v) is 5.93. The first-order valence-corrected chi connectivity index (χ1v) is 10.5. The van der Waals surface area contributed by atoms with E-state index in [9.17, 15) is 10.2 Å². The number of aliphatic hydroxyl groups excluding tert-OH is 2. The number of benzene rings is 1. The van der Waals surface area contributed by atoms with E-state index < -0.39 is 37.0 Å². The highest BCUT2D eigenvalue weighted by Crippen LogP contribution is 2.64. The number of hydrogen-bond donors (Lipinski definition) is 2. The maximum absolute atomic E-state index is 10.8. The molecule has 0 aromatic heterocycles. The van der Waals surface area contributed by atoms with Gasteiger partial charge in [0.1, 0.15) is 24.4 Å². The summed E-state index contributed by atoms with van der Waals surface area (Å²) >= 11 is 0. The van der Waals surface area contributed by atoms with Crippen LogP contribution in [0.5, 0.6) is 0 Å². The molecule has 2 N–H and O–H groups in total. The van der Waals surface area contributed by atoms with Gasteiger partial charge in [0, 0.05) is 23.3 Å². The summed E-state index contributed by atoms with van der Waals surface area (Å²) in [5.74, 6) is 0.853. The third kappa shape index (κ3) is 2.43. The Hall–Kier alpha value is -1.10. The second-order valence-corrected chi connectivity index (χ2v) is 8.98. The number of ether oxygens (including phenoxy) is 6. The molecular formula is C21H24O8. The van der Waals surface area contributed by atoms with E-state index in [2.05, 4.69) is 0 Å². The van der Waals surface area contributed by atoms with E-state index in [-0.39, 0.29) is 36.9 Å².